The zero-order chi connectivity index (χ0) is 18.0. The van der Waals surface area contributed by atoms with E-state index in [0.29, 0.717) is 16.4 Å². The minimum atomic E-state index is -3.70. The lowest BCUT2D eigenvalue weighted by molar-refractivity contribution is 0.580. The normalized spacial score (nSPS) is 11.6. The fraction of sp³-hybridized carbons (Fsp3) is 0.167. The molecule has 3 aromatic rings. The summed E-state index contributed by atoms with van der Waals surface area (Å²) >= 11 is 5.94. The molecule has 2 aromatic carbocycles. The van der Waals surface area contributed by atoms with Gasteiger partial charge in [-0.05, 0) is 43.7 Å². The average Bonchev–Trinajstić information content (AvgIpc) is 2.89. The van der Waals surface area contributed by atoms with Crippen molar-refractivity contribution in [1.82, 2.24) is 14.5 Å². The number of halogens is 1. The van der Waals surface area contributed by atoms with E-state index in [4.69, 9.17) is 11.6 Å². The summed E-state index contributed by atoms with van der Waals surface area (Å²) in [6.45, 7) is 3.61. The molecule has 0 bridgehead atoms. The molecule has 0 aliphatic rings. The van der Waals surface area contributed by atoms with E-state index in [1.54, 1.807) is 36.7 Å². The van der Waals surface area contributed by atoms with Crippen LogP contribution < -0.4 is 4.72 Å². The van der Waals surface area contributed by atoms with E-state index in [0.717, 1.165) is 11.3 Å². The molecule has 0 saturated heterocycles. The number of rotatable bonds is 5. The van der Waals surface area contributed by atoms with E-state index in [1.165, 1.54) is 0 Å². The predicted molar refractivity (Wildman–Crippen MR) is 98.5 cm³/mol. The van der Waals surface area contributed by atoms with Crippen LogP contribution in [0.15, 0.2) is 59.5 Å². The van der Waals surface area contributed by atoms with E-state index in [1.807, 2.05) is 36.4 Å². The molecule has 0 spiro atoms. The molecule has 0 saturated carbocycles. The second-order valence-electron chi connectivity index (χ2n) is 5.70. The zero-order valence-corrected chi connectivity index (χ0v) is 15.5. The number of aromatic nitrogens is 2. The third kappa shape index (κ3) is 3.76. The smallest absolute Gasteiger partial charge is 0.236 e. The van der Waals surface area contributed by atoms with Crippen molar-refractivity contribution in [1.29, 1.82) is 0 Å². The highest BCUT2D eigenvalue weighted by molar-refractivity contribution is 7.89. The van der Waals surface area contributed by atoms with Crippen LogP contribution in [0.5, 0.6) is 0 Å². The Labute approximate surface area is 152 Å². The van der Waals surface area contributed by atoms with Crippen LogP contribution >= 0.6 is 11.6 Å². The molecule has 1 heterocycles. The summed E-state index contributed by atoms with van der Waals surface area (Å²) in [6.07, 6.45) is 0. The summed E-state index contributed by atoms with van der Waals surface area (Å²) < 4.78 is 29.8. The quantitative estimate of drug-likeness (QED) is 0.740. The third-order valence-corrected chi connectivity index (χ3v) is 5.74. The van der Waals surface area contributed by atoms with E-state index >= 15 is 0 Å². The van der Waals surface area contributed by atoms with Crippen LogP contribution in [0.25, 0.3) is 5.69 Å². The van der Waals surface area contributed by atoms with E-state index in [-0.39, 0.29) is 11.4 Å². The number of para-hydroxylation sites is 1. The van der Waals surface area contributed by atoms with Gasteiger partial charge < -0.3 is 0 Å². The van der Waals surface area contributed by atoms with Gasteiger partial charge in [0.25, 0.3) is 0 Å². The third-order valence-electron chi connectivity index (χ3n) is 3.85. The van der Waals surface area contributed by atoms with Crippen molar-refractivity contribution < 1.29 is 8.42 Å². The molecule has 5 nitrogen and oxygen atoms in total. The highest BCUT2D eigenvalue weighted by Crippen LogP contribution is 2.22. The van der Waals surface area contributed by atoms with Gasteiger partial charge in [-0.1, -0.05) is 41.9 Å². The molecule has 0 aliphatic heterocycles. The minimum Gasteiger partial charge on any atom is -0.236 e. The molecule has 25 heavy (non-hydrogen) atoms. The number of hydrogen-bond acceptors (Lipinski definition) is 3. The van der Waals surface area contributed by atoms with E-state index in [2.05, 4.69) is 9.82 Å². The zero-order valence-electron chi connectivity index (χ0n) is 13.9. The predicted octanol–water partition coefficient (Wildman–Crippen LogP) is 3.62. The second kappa shape index (κ2) is 7.00. The first kappa shape index (κ1) is 17.7. The van der Waals surface area contributed by atoms with Gasteiger partial charge in [-0.25, -0.2) is 17.8 Å². The standard InChI is InChI=1S/C18H18ClN3O2S/c1-13-18(14(2)22(21-13)17-9-4-3-5-10-17)25(23,24)20-12-15-7-6-8-16(19)11-15/h3-11,20H,12H2,1-2H3. The summed E-state index contributed by atoms with van der Waals surface area (Å²) in [5.41, 5.74) is 2.64. The maximum Gasteiger partial charge on any atom is 0.244 e. The monoisotopic (exact) mass is 375 g/mol. The van der Waals surface area contributed by atoms with Gasteiger partial charge in [0.05, 0.1) is 17.1 Å². The first-order valence-corrected chi connectivity index (χ1v) is 9.60. The van der Waals surface area contributed by atoms with Crippen LogP contribution in [0, 0.1) is 13.8 Å². The summed E-state index contributed by atoms with van der Waals surface area (Å²) in [7, 11) is -3.70. The van der Waals surface area contributed by atoms with Gasteiger partial charge in [0, 0.05) is 11.6 Å². The number of aryl methyl sites for hydroxylation is 1. The average molecular weight is 376 g/mol. The van der Waals surface area contributed by atoms with Gasteiger partial charge in [-0.2, -0.15) is 5.10 Å². The Morgan fingerprint density at radius 2 is 1.80 bits per heavy atom. The molecule has 0 amide bonds. The van der Waals surface area contributed by atoms with Gasteiger partial charge in [0.1, 0.15) is 4.90 Å². The molecule has 0 fully saturated rings. The largest absolute Gasteiger partial charge is 0.244 e. The summed E-state index contributed by atoms with van der Waals surface area (Å²) in [6, 6.07) is 16.5. The lowest BCUT2D eigenvalue weighted by Crippen LogP contribution is -2.24. The maximum absolute atomic E-state index is 12.8. The summed E-state index contributed by atoms with van der Waals surface area (Å²) in [5.74, 6) is 0. The van der Waals surface area contributed by atoms with Crippen molar-refractivity contribution >= 4 is 21.6 Å². The molecule has 7 heteroatoms. The summed E-state index contributed by atoms with van der Waals surface area (Å²) in [4.78, 5) is 0.207. The van der Waals surface area contributed by atoms with Gasteiger partial charge in [0.2, 0.25) is 10.0 Å². The number of nitrogens with zero attached hydrogens (tertiary/aromatic N) is 2. The fourth-order valence-electron chi connectivity index (χ4n) is 2.74. The Balaban J connectivity index is 1.91. The van der Waals surface area contributed by atoms with E-state index in [9.17, 15) is 8.42 Å². The maximum atomic E-state index is 12.8. The Hall–Kier alpha value is -2.15. The second-order valence-corrected chi connectivity index (χ2v) is 7.84. The Bertz CT molecular complexity index is 998. The highest BCUT2D eigenvalue weighted by Gasteiger charge is 2.24. The molecule has 130 valence electrons. The first-order valence-electron chi connectivity index (χ1n) is 7.74. The molecule has 0 atom stereocenters. The molecule has 0 aliphatic carbocycles. The lowest BCUT2D eigenvalue weighted by Gasteiger charge is -2.08. The first-order chi connectivity index (χ1) is 11.9. The van der Waals surface area contributed by atoms with Crippen LogP contribution in [-0.4, -0.2) is 18.2 Å². The van der Waals surface area contributed by atoms with Gasteiger partial charge in [0.15, 0.2) is 0 Å². The number of hydrogen-bond donors (Lipinski definition) is 1. The van der Waals surface area contributed by atoms with Crippen LogP contribution in [0.4, 0.5) is 0 Å². The fourth-order valence-corrected chi connectivity index (χ4v) is 4.35. The van der Waals surface area contributed by atoms with Crippen molar-refractivity contribution in [3.8, 4) is 5.69 Å². The van der Waals surface area contributed by atoms with Crippen LogP contribution in [-0.2, 0) is 16.6 Å². The number of sulfonamides is 1. The molecule has 3 rings (SSSR count). The van der Waals surface area contributed by atoms with Crippen LogP contribution in [0.1, 0.15) is 17.0 Å². The number of benzene rings is 2. The molecular formula is C18H18ClN3O2S. The van der Waals surface area contributed by atoms with Crippen LogP contribution in [0.3, 0.4) is 0 Å². The molecule has 1 N–H and O–H groups in total. The highest BCUT2D eigenvalue weighted by atomic mass is 35.5. The van der Waals surface area contributed by atoms with Crippen molar-refractivity contribution in [2.24, 2.45) is 0 Å². The number of nitrogens with one attached hydrogen (secondary N) is 1. The lowest BCUT2D eigenvalue weighted by atomic mass is 10.2. The van der Waals surface area contributed by atoms with Crippen molar-refractivity contribution in [3.63, 3.8) is 0 Å². The molecule has 1 aromatic heterocycles. The van der Waals surface area contributed by atoms with Crippen molar-refractivity contribution in [3.05, 3.63) is 76.6 Å². The van der Waals surface area contributed by atoms with Gasteiger partial charge in [-0.15, -0.1) is 0 Å². The SMILES string of the molecule is Cc1nn(-c2ccccc2)c(C)c1S(=O)(=O)NCc1cccc(Cl)c1. The Morgan fingerprint density at radius 1 is 1.08 bits per heavy atom. The van der Waals surface area contributed by atoms with Crippen molar-refractivity contribution in [2.45, 2.75) is 25.3 Å². The minimum absolute atomic E-state index is 0.165. The molecular weight excluding hydrogens is 358 g/mol. The Kier molecular flexibility index (Phi) is 4.94. The topological polar surface area (TPSA) is 64.0 Å². The molecule has 0 unspecified atom stereocenters. The van der Waals surface area contributed by atoms with Gasteiger partial charge in [-0.3, -0.25) is 0 Å². The van der Waals surface area contributed by atoms with Crippen molar-refractivity contribution in [2.75, 3.05) is 0 Å². The Morgan fingerprint density at radius 3 is 2.48 bits per heavy atom. The van der Waals surface area contributed by atoms with E-state index < -0.39 is 10.0 Å². The summed E-state index contributed by atoms with van der Waals surface area (Å²) in [5, 5.41) is 4.96. The van der Waals surface area contributed by atoms with Crippen LogP contribution in [0.2, 0.25) is 5.02 Å². The molecule has 0 radical (unpaired) electrons. The van der Waals surface area contributed by atoms with Gasteiger partial charge >= 0.3 is 0 Å².